The Morgan fingerprint density at radius 2 is 2.29 bits per heavy atom. The fourth-order valence-electron chi connectivity index (χ4n) is 2.55. The largest absolute Gasteiger partial charge is 0.303 e. The number of pyridine rings is 1. The maximum atomic E-state index is 4.38. The summed E-state index contributed by atoms with van der Waals surface area (Å²) in [5.41, 5.74) is 1.21. The van der Waals surface area contributed by atoms with E-state index in [0.29, 0.717) is 0 Å². The van der Waals surface area contributed by atoms with Gasteiger partial charge in [0.15, 0.2) is 0 Å². The Bertz CT molecular complexity index is 328. The smallest absolute Gasteiger partial charge is 0.0416 e. The van der Waals surface area contributed by atoms with E-state index < -0.39 is 0 Å². The Labute approximate surface area is 109 Å². The third-order valence-electron chi connectivity index (χ3n) is 3.76. The predicted octanol–water partition coefficient (Wildman–Crippen LogP) is 2.84. The maximum Gasteiger partial charge on any atom is 0.0416 e. The van der Waals surface area contributed by atoms with E-state index in [-0.39, 0.29) is 0 Å². The highest BCUT2D eigenvalue weighted by Crippen LogP contribution is 2.30. The fourth-order valence-corrected chi connectivity index (χ4v) is 3.34. The van der Waals surface area contributed by atoms with Gasteiger partial charge in [-0.05, 0) is 44.7 Å². The molecule has 1 aliphatic rings. The minimum absolute atomic E-state index is 0.788. The molecule has 0 unspecified atom stereocenters. The molecular formula is C14H22N2S. The first-order valence-electron chi connectivity index (χ1n) is 6.42. The third kappa shape index (κ3) is 3.71. The molecule has 1 fully saturated rings. The lowest BCUT2D eigenvalue weighted by Gasteiger charge is -2.24. The van der Waals surface area contributed by atoms with Gasteiger partial charge >= 0.3 is 0 Å². The van der Waals surface area contributed by atoms with Gasteiger partial charge in [-0.3, -0.25) is 4.98 Å². The Morgan fingerprint density at radius 3 is 2.94 bits per heavy atom. The summed E-state index contributed by atoms with van der Waals surface area (Å²) in [5.74, 6) is 0. The molecule has 1 aromatic rings. The van der Waals surface area contributed by atoms with Crippen LogP contribution < -0.4 is 0 Å². The monoisotopic (exact) mass is 250 g/mol. The molecule has 0 radical (unpaired) electrons. The number of nitrogens with zero attached hydrogens (tertiary/aromatic N) is 2. The zero-order chi connectivity index (χ0) is 12.1. The Balaban J connectivity index is 1.76. The molecule has 1 saturated carbocycles. The molecule has 0 N–H and O–H groups in total. The van der Waals surface area contributed by atoms with E-state index in [1.165, 1.54) is 25.0 Å². The average Bonchev–Trinajstić information content (AvgIpc) is 2.86. The summed E-state index contributed by atoms with van der Waals surface area (Å²) in [7, 11) is 2.26. The van der Waals surface area contributed by atoms with E-state index in [0.717, 1.165) is 24.3 Å². The van der Waals surface area contributed by atoms with E-state index in [1.807, 2.05) is 24.0 Å². The van der Waals surface area contributed by atoms with E-state index in [4.69, 9.17) is 0 Å². The van der Waals surface area contributed by atoms with Crippen LogP contribution in [-0.2, 0) is 6.42 Å². The van der Waals surface area contributed by atoms with E-state index in [2.05, 4.69) is 35.3 Å². The summed E-state index contributed by atoms with van der Waals surface area (Å²) in [6, 6.07) is 6.96. The number of thioether (sulfide) groups is 1. The summed E-state index contributed by atoms with van der Waals surface area (Å²) in [6.45, 7) is 1.13. The van der Waals surface area contributed by atoms with E-state index in [1.54, 1.807) is 0 Å². The molecule has 2 rings (SSSR count). The van der Waals surface area contributed by atoms with Gasteiger partial charge in [0.1, 0.15) is 0 Å². The summed E-state index contributed by atoms with van der Waals surface area (Å²) in [4.78, 5) is 6.90. The van der Waals surface area contributed by atoms with Crippen LogP contribution in [0.4, 0.5) is 0 Å². The second-order valence-corrected chi connectivity index (χ2v) is 6.01. The molecule has 2 atom stereocenters. The van der Waals surface area contributed by atoms with Crippen molar-refractivity contribution < 1.29 is 0 Å². The van der Waals surface area contributed by atoms with Gasteiger partial charge in [0.05, 0.1) is 0 Å². The quantitative estimate of drug-likeness (QED) is 0.799. The van der Waals surface area contributed by atoms with Crippen molar-refractivity contribution in [1.29, 1.82) is 0 Å². The third-order valence-corrected chi connectivity index (χ3v) is 4.86. The Morgan fingerprint density at radius 1 is 1.41 bits per heavy atom. The van der Waals surface area contributed by atoms with Crippen molar-refractivity contribution in [3.63, 3.8) is 0 Å². The number of hydrogen-bond donors (Lipinski definition) is 0. The van der Waals surface area contributed by atoms with Crippen molar-refractivity contribution >= 4 is 11.8 Å². The van der Waals surface area contributed by atoms with Crippen LogP contribution in [0.3, 0.4) is 0 Å². The minimum atomic E-state index is 0.788. The van der Waals surface area contributed by atoms with E-state index in [9.17, 15) is 0 Å². The van der Waals surface area contributed by atoms with Crippen LogP contribution in [0.5, 0.6) is 0 Å². The first kappa shape index (κ1) is 12.9. The average molecular weight is 250 g/mol. The lowest BCUT2D eigenvalue weighted by molar-refractivity contribution is 0.248. The van der Waals surface area contributed by atoms with Crippen LogP contribution in [0, 0.1) is 0 Å². The van der Waals surface area contributed by atoms with E-state index >= 15 is 0 Å². The SMILES string of the molecule is CS[C@H]1CC[C@H](N(C)CCc2ccccn2)C1. The fraction of sp³-hybridized carbons (Fsp3) is 0.643. The van der Waals surface area contributed by atoms with Crippen LogP contribution in [0.1, 0.15) is 25.0 Å². The first-order chi connectivity index (χ1) is 8.29. The van der Waals surface area contributed by atoms with Gasteiger partial charge in [-0.2, -0.15) is 11.8 Å². The summed E-state index contributed by atoms with van der Waals surface area (Å²) >= 11 is 2.03. The van der Waals surface area contributed by atoms with Gasteiger partial charge in [-0.1, -0.05) is 6.07 Å². The second-order valence-electron chi connectivity index (χ2n) is 4.88. The molecule has 17 heavy (non-hydrogen) atoms. The van der Waals surface area contributed by atoms with Gasteiger partial charge < -0.3 is 4.90 Å². The molecule has 1 heterocycles. The zero-order valence-electron chi connectivity index (χ0n) is 10.8. The number of rotatable bonds is 5. The molecule has 0 saturated heterocycles. The van der Waals surface area contributed by atoms with Crippen LogP contribution in [-0.4, -0.2) is 41.0 Å². The van der Waals surface area contributed by atoms with Crippen molar-refractivity contribution in [1.82, 2.24) is 9.88 Å². The molecule has 94 valence electrons. The van der Waals surface area contributed by atoms with Crippen LogP contribution >= 0.6 is 11.8 Å². The molecule has 0 bridgehead atoms. The van der Waals surface area contributed by atoms with Gasteiger partial charge in [0.2, 0.25) is 0 Å². The molecule has 1 aliphatic carbocycles. The molecular weight excluding hydrogens is 228 g/mol. The first-order valence-corrected chi connectivity index (χ1v) is 7.71. The topological polar surface area (TPSA) is 16.1 Å². The lowest BCUT2D eigenvalue weighted by Crippen LogP contribution is -2.31. The molecule has 0 amide bonds. The summed E-state index contributed by atoms with van der Waals surface area (Å²) in [6.07, 6.45) is 9.30. The minimum Gasteiger partial charge on any atom is -0.303 e. The highest BCUT2D eigenvalue weighted by Gasteiger charge is 2.26. The standard InChI is InChI=1S/C14H22N2S/c1-16(13-6-7-14(11-13)17-2)10-8-12-5-3-4-9-15-12/h3-5,9,13-14H,6-8,10-11H2,1-2H3/t13-,14-/m0/s1. The van der Waals surface area contributed by atoms with Crippen LogP contribution in [0.15, 0.2) is 24.4 Å². The van der Waals surface area contributed by atoms with Crippen molar-refractivity contribution in [2.45, 2.75) is 37.0 Å². The predicted molar refractivity (Wildman–Crippen MR) is 75.5 cm³/mol. The molecule has 0 aliphatic heterocycles. The number of hydrogen-bond acceptors (Lipinski definition) is 3. The summed E-state index contributed by atoms with van der Waals surface area (Å²) < 4.78 is 0. The van der Waals surface area contributed by atoms with Gasteiger partial charge in [-0.15, -0.1) is 0 Å². The Hall–Kier alpha value is -0.540. The lowest BCUT2D eigenvalue weighted by atomic mass is 10.2. The van der Waals surface area contributed by atoms with Gasteiger partial charge in [0.25, 0.3) is 0 Å². The van der Waals surface area contributed by atoms with Gasteiger partial charge in [0, 0.05) is 36.1 Å². The number of aromatic nitrogens is 1. The van der Waals surface area contributed by atoms with Crippen molar-refractivity contribution in [3.8, 4) is 0 Å². The highest BCUT2D eigenvalue weighted by molar-refractivity contribution is 7.99. The second kappa shape index (κ2) is 6.41. The Kier molecular flexibility index (Phi) is 4.86. The molecule has 1 aromatic heterocycles. The zero-order valence-corrected chi connectivity index (χ0v) is 11.6. The maximum absolute atomic E-state index is 4.38. The molecule has 2 nitrogen and oxygen atoms in total. The van der Waals surface area contributed by atoms with Crippen LogP contribution in [0.2, 0.25) is 0 Å². The van der Waals surface area contributed by atoms with Crippen molar-refractivity contribution in [2.75, 3.05) is 19.8 Å². The molecule has 3 heteroatoms. The van der Waals surface area contributed by atoms with Gasteiger partial charge in [-0.25, -0.2) is 0 Å². The van der Waals surface area contributed by atoms with Crippen molar-refractivity contribution in [2.24, 2.45) is 0 Å². The normalized spacial score (nSPS) is 24.4. The highest BCUT2D eigenvalue weighted by atomic mass is 32.2. The number of likely N-dealkylation sites (N-methyl/N-ethyl adjacent to an activating group) is 1. The van der Waals surface area contributed by atoms with Crippen molar-refractivity contribution in [3.05, 3.63) is 30.1 Å². The summed E-state index contributed by atoms with van der Waals surface area (Å²) in [5, 5.41) is 0.886. The van der Waals surface area contributed by atoms with Crippen LogP contribution in [0.25, 0.3) is 0 Å². The molecule has 0 spiro atoms. The molecule has 0 aromatic carbocycles.